The van der Waals surface area contributed by atoms with E-state index in [9.17, 15) is 14.4 Å². The molecule has 1 aromatic carbocycles. The van der Waals surface area contributed by atoms with Crippen LogP contribution < -0.4 is 5.32 Å². The Balaban J connectivity index is 1.88. The molecule has 1 heterocycles. The van der Waals surface area contributed by atoms with Crippen molar-refractivity contribution in [3.63, 3.8) is 0 Å². The lowest BCUT2D eigenvalue weighted by Gasteiger charge is -2.34. The molecular weight excluding hydrogens is 324 g/mol. The zero-order valence-corrected chi connectivity index (χ0v) is 15.0. The largest absolute Gasteiger partial charge is 0.354 e. The molecule has 1 saturated heterocycles. The standard InChI is InChI=1S/C18H24N2O3S/c1-3-14-17(22)20(18(23)15(4-2)24-14)12-16(21)19-11-10-13-8-6-5-7-9-13/h5-9,14-15H,3-4,10-12H2,1-2H3,(H,19,21)/t14-,15-/m0/s1. The highest BCUT2D eigenvalue weighted by Crippen LogP contribution is 2.31. The van der Waals surface area contributed by atoms with E-state index in [1.54, 1.807) is 0 Å². The highest BCUT2D eigenvalue weighted by molar-refractivity contribution is 8.02. The number of nitrogens with one attached hydrogen (secondary N) is 1. The average molecular weight is 348 g/mol. The Morgan fingerprint density at radius 2 is 1.67 bits per heavy atom. The third kappa shape index (κ3) is 4.60. The molecule has 6 heteroatoms. The molecule has 24 heavy (non-hydrogen) atoms. The maximum atomic E-state index is 12.4. The maximum absolute atomic E-state index is 12.4. The summed E-state index contributed by atoms with van der Waals surface area (Å²) in [6, 6.07) is 9.85. The van der Waals surface area contributed by atoms with Crippen LogP contribution in [0.25, 0.3) is 0 Å². The van der Waals surface area contributed by atoms with E-state index in [1.165, 1.54) is 11.8 Å². The number of hydrogen-bond acceptors (Lipinski definition) is 4. The fourth-order valence-corrected chi connectivity index (χ4v) is 3.93. The van der Waals surface area contributed by atoms with Gasteiger partial charge in [0.25, 0.3) is 0 Å². The SMILES string of the molecule is CC[C@@H]1S[C@@H](CC)C(=O)N(CC(=O)NCCc2ccccc2)C1=O. The fraction of sp³-hybridized carbons (Fsp3) is 0.500. The van der Waals surface area contributed by atoms with E-state index in [4.69, 9.17) is 0 Å². The maximum Gasteiger partial charge on any atom is 0.242 e. The number of imide groups is 1. The quantitative estimate of drug-likeness (QED) is 0.766. The molecule has 0 bridgehead atoms. The number of carbonyl (C=O) groups is 3. The van der Waals surface area contributed by atoms with Gasteiger partial charge in [-0.15, -0.1) is 11.8 Å². The predicted octanol–water partition coefficient (Wildman–Crippen LogP) is 2.00. The monoisotopic (exact) mass is 348 g/mol. The molecule has 0 unspecified atom stereocenters. The second-order valence-corrected chi connectivity index (χ2v) is 7.19. The van der Waals surface area contributed by atoms with Gasteiger partial charge in [0.1, 0.15) is 6.54 Å². The number of thioether (sulfide) groups is 1. The molecule has 1 aromatic rings. The van der Waals surface area contributed by atoms with Crippen LogP contribution in [0.3, 0.4) is 0 Å². The lowest BCUT2D eigenvalue weighted by molar-refractivity contribution is -0.148. The van der Waals surface area contributed by atoms with Gasteiger partial charge in [-0.3, -0.25) is 19.3 Å². The molecule has 1 fully saturated rings. The first-order valence-electron chi connectivity index (χ1n) is 8.38. The van der Waals surface area contributed by atoms with Gasteiger partial charge in [0.05, 0.1) is 10.5 Å². The Morgan fingerprint density at radius 1 is 1.08 bits per heavy atom. The summed E-state index contributed by atoms with van der Waals surface area (Å²) in [5, 5.41) is 2.33. The van der Waals surface area contributed by atoms with Crippen LogP contribution in [0.2, 0.25) is 0 Å². The van der Waals surface area contributed by atoms with Crippen molar-refractivity contribution < 1.29 is 14.4 Å². The molecule has 1 aliphatic heterocycles. The van der Waals surface area contributed by atoms with Crippen molar-refractivity contribution in [1.29, 1.82) is 0 Å². The van der Waals surface area contributed by atoms with E-state index < -0.39 is 0 Å². The van der Waals surface area contributed by atoms with Gasteiger partial charge in [-0.2, -0.15) is 0 Å². The first-order valence-corrected chi connectivity index (χ1v) is 9.32. The summed E-state index contributed by atoms with van der Waals surface area (Å²) in [5.41, 5.74) is 1.14. The molecule has 2 rings (SSSR count). The lowest BCUT2D eigenvalue weighted by atomic mass is 10.1. The zero-order chi connectivity index (χ0) is 17.5. The number of rotatable bonds is 7. The Bertz CT molecular complexity index is 569. The lowest BCUT2D eigenvalue weighted by Crippen LogP contribution is -2.54. The van der Waals surface area contributed by atoms with E-state index in [0.717, 1.165) is 16.9 Å². The average Bonchev–Trinajstić information content (AvgIpc) is 2.60. The summed E-state index contributed by atoms with van der Waals surface area (Å²) in [4.78, 5) is 38.0. The predicted molar refractivity (Wildman–Crippen MR) is 95.6 cm³/mol. The Hall–Kier alpha value is -1.82. The van der Waals surface area contributed by atoms with Crippen molar-refractivity contribution in [2.45, 2.75) is 43.6 Å². The minimum Gasteiger partial charge on any atom is -0.354 e. The van der Waals surface area contributed by atoms with E-state index in [1.807, 2.05) is 44.2 Å². The van der Waals surface area contributed by atoms with Crippen molar-refractivity contribution in [3.05, 3.63) is 35.9 Å². The Morgan fingerprint density at radius 3 is 2.21 bits per heavy atom. The highest BCUT2D eigenvalue weighted by Gasteiger charge is 2.40. The molecular formula is C18H24N2O3S. The van der Waals surface area contributed by atoms with Crippen LogP contribution in [0.1, 0.15) is 32.3 Å². The van der Waals surface area contributed by atoms with Crippen molar-refractivity contribution in [3.8, 4) is 0 Å². The van der Waals surface area contributed by atoms with Gasteiger partial charge in [-0.05, 0) is 24.8 Å². The molecule has 0 aromatic heterocycles. The van der Waals surface area contributed by atoms with Gasteiger partial charge in [-0.25, -0.2) is 0 Å². The Kier molecular flexibility index (Phi) is 6.85. The number of hydrogen-bond donors (Lipinski definition) is 1. The molecule has 3 amide bonds. The van der Waals surface area contributed by atoms with Crippen molar-refractivity contribution in [2.75, 3.05) is 13.1 Å². The summed E-state index contributed by atoms with van der Waals surface area (Å²) in [7, 11) is 0. The number of amides is 3. The second-order valence-electron chi connectivity index (χ2n) is 5.78. The van der Waals surface area contributed by atoms with E-state index in [0.29, 0.717) is 19.4 Å². The molecule has 2 atom stereocenters. The number of nitrogens with zero attached hydrogens (tertiary/aromatic N) is 1. The van der Waals surface area contributed by atoms with E-state index in [2.05, 4.69) is 5.32 Å². The van der Waals surface area contributed by atoms with Gasteiger partial charge < -0.3 is 5.32 Å². The van der Waals surface area contributed by atoms with Crippen LogP contribution in [-0.4, -0.2) is 46.2 Å². The highest BCUT2D eigenvalue weighted by atomic mass is 32.2. The first-order chi connectivity index (χ1) is 11.6. The van der Waals surface area contributed by atoms with Crippen LogP contribution in [0.4, 0.5) is 0 Å². The van der Waals surface area contributed by atoms with Gasteiger partial charge in [-0.1, -0.05) is 44.2 Å². The van der Waals surface area contributed by atoms with Gasteiger partial charge >= 0.3 is 0 Å². The number of carbonyl (C=O) groups excluding carboxylic acids is 3. The van der Waals surface area contributed by atoms with Crippen LogP contribution in [-0.2, 0) is 20.8 Å². The topological polar surface area (TPSA) is 66.5 Å². The fourth-order valence-electron chi connectivity index (χ4n) is 2.66. The molecule has 1 N–H and O–H groups in total. The molecule has 1 aliphatic rings. The third-order valence-electron chi connectivity index (χ3n) is 4.03. The van der Waals surface area contributed by atoms with Crippen LogP contribution in [0, 0.1) is 0 Å². The van der Waals surface area contributed by atoms with Crippen LogP contribution >= 0.6 is 11.8 Å². The van der Waals surface area contributed by atoms with E-state index in [-0.39, 0.29) is 34.8 Å². The summed E-state index contributed by atoms with van der Waals surface area (Å²) < 4.78 is 0. The first kappa shape index (κ1) is 18.5. The molecule has 0 aliphatic carbocycles. The normalized spacial score (nSPS) is 21.0. The molecule has 0 spiro atoms. The Labute approximate surface area is 147 Å². The van der Waals surface area contributed by atoms with Crippen molar-refractivity contribution >= 4 is 29.5 Å². The van der Waals surface area contributed by atoms with Crippen molar-refractivity contribution in [1.82, 2.24) is 10.2 Å². The number of benzene rings is 1. The minimum atomic E-state index is -0.288. The summed E-state index contributed by atoms with van der Waals surface area (Å²) >= 11 is 1.42. The van der Waals surface area contributed by atoms with Crippen LogP contribution in [0.15, 0.2) is 30.3 Å². The summed E-state index contributed by atoms with van der Waals surface area (Å²) in [5.74, 6) is -0.768. The van der Waals surface area contributed by atoms with Gasteiger partial charge in [0.15, 0.2) is 0 Å². The van der Waals surface area contributed by atoms with Crippen LogP contribution in [0.5, 0.6) is 0 Å². The van der Waals surface area contributed by atoms with E-state index >= 15 is 0 Å². The molecule has 130 valence electrons. The molecule has 0 saturated carbocycles. The summed E-state index contributed by atoms with van der Waals surface area (Å²) in [6.45, 7) is 4.16. The zero-order valence-electron chi connectivity index (χ0n) is 14.2. The summed E-state index contributed by atoms with van der Waals surface area (Å²) in [6.07, 6.45) is 2.05. The second kappa shape index (κ2) is 8.87. The molecule has 0 radical (unpaired) electrons. The van der Waals surface area contributed by atoms with Gasteiger partial charge in [0, 0.05) is 6.54 Å². The van der Waals surface area contributed by atoms with Gasteiger partial charge in [0.2, 0.25) is 17.7 Å². The minimum absolute atomic E-state index is 0.181. The van der Waals surface area contributed by atoms with Crippen molar-refractivity contribution in [2.24, 2.45) is 0 Å². The third-order valence-corrected chi connectivity index (χ3v) is 5.76. The molecule has 5 nitrogen and oxygen atoms in total. The smallest absolute Gasteiger partial charge is 0.242 e.